The summed E-state index contributed by atoms with van der Waals surface area (Å²) in [5.74, 6) is -0.468. The van der Waals surface area contributed by atoms with Gasteiger partial charge in [-0.25, -0.2) is 9.18 Å². The van der Waals surface area contributed by atoms with E-state index in [4.69, 9.17) is 22.1 Å². The molecule has 114 valence electrons. The van der Waals surface area contributed by atoms with E-state index in [1.165, 1.54) is 23.1 Å². The number of benzene rings is 2. The summed E-state index contributed by atoms with van der Waals surface area (Å²) in [6, 6.07) is 7.42. The summed E-state index contributed by atoms with van der Waals surface area (Å²) in [5.41, 5.74) is 6.47. The second-order valence-electron chi connectivity index (χ2n) is 4.96. The molecule has 0 saturated heterocycles. The summed E-state index contributed by atoms with van der Waals surface area (Å²) in [6.07, 6.45) is -0.629. The topological polar surface area (TPSA) is 75.8 Å². The number of phenolic OH excluding ortho intramolecular Hbond substituents is 1. The fourth-order valence-electron chi connectivity index (χ4n) is 2.28. The number of halogens is 2. The zero-order chi connectivity index (χ0) is 15.9. The highest BCUT2D eigenvalue weighted by atomic mass is 35.5. The lowest BCUT2D eigenvalue weighted by Gasteiger charge is -2.28. The molecule has 2 aromatic rings. The smallest absolute Gasteiger partial charge is 0.415 e. The predicted molar refractivity (Wildman–Crippen MR) is 79.2 cm³/mol. The van der Waals surface area contributed by atoms with Crippen LogP contribution in [-0.2, 0) is 13.1 Å². The zero-order valence-electron chi connectivity index (χ0n) is 11.3. The number of rotatable bonds is 2. The van der Waals surface area contributed by atoms with Gasteiger partial charge < -0.3 is 15.6 Å². The molecule has 0 unspecified atom stereocenters. The zero-order valence-corrected chi connectivity index (χ0v) is 12.1. The van der Waals surface area contributed by atoms with E-state index >= 15 is 0 Å². The number of nitrogen functional groups attached to an aromatic ring is 1. The van der Waals surface area contributed by atoms with E-state index in [9.17, 15) is 14.3 Å². The minimum Gasteiger partial charge on any atom is -0.506 e. The van der Waals surface area contributed by atoms with Crippen molar-refractivity contribution in [3.63, 3.8) is 0 Å². The number of aromatic hydroxyl groups is 1. The van der Waals surface area contributed by atoms with Crippen LogP contribution in [0.1, 0.15) is 11.1 Å². The quantitative estimate of drug-likeness (QED) is 0.832. The van der Waals surface area contributed by atoms with Gasteiger partial charge in [-0.15, -0.1) is 0 Å². The van der Waals surface area contributed by atoms with Crippen LogP contribution in [-0.4, -0.2) is 16.1 Å². The molecule has 0 fully saturated rings. The second-order valence-corrected chi connectivity index (χ2v) is 5.36. The maximum absolute atomic E-state index is 13.9. The van der Waals surface area contributed by atoms with Gasteiger partial charge in [-0.05, 0) is 12.1 Å². The van der Waals surface area contributed by atoms with Crippen molar-refractivity contribution in [3.05, 3.63) is 52.3 Å². The van der Waals surface area contributed by atoms with Crippen LogP contribution < -0.4 is 10.5 Å². The molecule has 0 spiro atoms. The van der Waals surface area contributed by atoms with E-state index in [1.807, 2.05) is 0 Å². The Hall–Kier alpha value is -2.47. The van der Waals surface area contributed by atoms with Crippen molar-refractivity contribution < 1.29 is 19.0 Å². The number of hydrogen-bond donors (Lipinski definition) is 2. The first-order valence-corrected chi connectivity index (χ1v) is 6.84. The number of ether oxygens (including phenoxy) is 1. The molecule has 5 nitrogen and oxygen atoms in total. The average Bonchev–Trinajstić information content (AvgIpc) is 2.47. The molecule has 22 heavy (non-hydrogen) atoms. The Morgan fingerprint density at radius 2 is 2.18 bits per heavy atom. The number of phenols is 1. The van der Waals surface area contributed by atoms with Crippen molar-refractivity contribution >= 4 is 23.4 Å². The third-order valence-corrected chi connectivity index (χ3v) is 3.72. The van der Waals surface area contributed by atoms with Crippen LogP contribution in [0.5, 0.6) is 11.5 Å². The lowest BCUT2D eigenvalue weighted by molar-refractivity contribution is 0.134. The maximum atomic E-state index is 13.9. The molecule has 1 aliphatic heterocycles. The van der Waals surface area contributed by atoms with Crippen LogP contribution in [0.2, 0.25) is 5.02 Å². The number of amides is 1. The first-order valence-electron chi connectivity index (χ1n) is 6.46. The van der Waals surface area contributed by atoms with Crippen LogP contribution >= 0.6 is 11.6 Å². The number of fused-ring (bicyclic) bond motifs is 1. The van der Waals surface area contributed by atoms with Crippen molar-refractivity contribution in [1.82, 2.24) is 4.90 Å². The van der Waals surface area contributed by atoms with Crippen LogP contribution in [0, 0.1) is 5.82 Å². The van der Waals surface area contributed by atoms with Gasteiger partial charge in [-0.3, -0.25) is 4.90 Å². The first-order chi connectivity index (χ1) is 10.5. The van der Waals surface area contributed by atoms with E-state index in [0.29, 0.717) is 11.1 Å². The van der Waals surface area contributed by atoms with Gasteiger partial charge in [0.05, 0.1) is 23.8 Å². The highest BCUT2D eigenvalue weighted by Crippen LogP contribution is 2.35. The van der Waals surface area contributed by atoms with Crippen LogP contribution in [0.3, 0.4) is 0 Å². The van der Waals surface area contributed by atoms with Gasteiger partial charge in [-0.2, -0.15) is 0 Å². The largest absolute Gasteiger partial charge is 0.506 e. The van der Waals surface area contributed by atoms with E-state index < -0.39 is 11.9 Å². The Labute approximate surface area is 130 Å². The van der Waals surface area contributed by atoms with E-state index in [-0.39, 0.29) is 35.3 Å². The number of carbonyl (C=O) groups is 1. The average molecular weight is 323 g/mol. The van der Waals surface area contributed by atoms with Gasteiger partial charge in [0.2, 0.25) is 0 Å². The summed E-state index contributed by atoms with van der Waals surface area (Å²) in [4.78, 5) is 13.3. The summed E-state index contributed by atoms with van der Waals surface area (Å²) < 4.78 is 19.1. The van der Waals surface area contributed by atoms with E-state index in [0.717, 1.165) is 0 Å². The number of carbonyl (C=O) groups excluding carboxylic acids is 1. The summed E-state index contributed by atoms with van der Waals surface area (Å²) in [6.45, 7) is 0.218. The molecule has 3 N–H and O–H groups in total. The molecule has 7 heteroatoms. The van der Waals surface area contributed by atoms with Gasteiger partial charge >= 0.3 is 6.09 Å². The molecule has 1 amide bonds. The van der Waals surface area contributed by atoms with Crippen molar-refractivity contribution in [3.8, 4) is 11.5 Å². The van der Waals surface area contributed by atoms with Crippen molar-refractivity contribution in [2.24, 2.45) is 0 Å². The third-order valence-electron chi connectivity index (χ3n) is 3.42. The Balaban J connectivity index is 1.88. The van der Waals surface area contributed by atoms with Gasteiger partial charge in [0, 0.05) is 17.2 Å². The lowest BCUT2D eigenvalue weighted by Crippen LogP contribution is -2.36. The Morgan fingerprint density at radius 1 is 1.41 bits per heavy atom. The van der Waals surface area contributed by atoms with Crippen LogP contribution in [0.25, 0.3) is 0 Å². The number of anilines is 1. The molecule has 3 rings (SSSR count). The minimum absolute atomic E-state index is 0.0215. The number of nitrogens with two attached hydrogens (primary N) is 1. The van der Waals surface area contributed by atoms with E-state index in [1.54, 1.807) is 12.1 Å². The maximum Gasteiger partial charge on any atom is 0.415 e. The SMILES string of the molecule is Nc1cccc(CN2Cc3cc(Cl)c(O)cc3OC2=O)c1F. The molecular weight excluding hydrogens is 311 g/mol. The summed E-state index contributed by atoms with van der Waals surface area (Å²) in [5, 5.41) is 9.69. The molecule has 1 heterocycles. The van der Waals surface area contributed by atoms with E-state index in [2.05, 4.69) is 0 Å². The molecule has 0 aromatic heterocycles. The number of hydrogen-bond acceptors (Lipinski definition) is 4. The first kappa shape index (κ1) is 14.5. The fourth-order valence-corrected chi connectivity index (χ4v) is 2.47. The highest BCUT2D eigenvalue weighted by molar-refractivity contribution is 6.32. The van der Waals surface area contributed by atoms with Crippen LogP contribution in [0.4, 0.5) is 14.9 Å². The van der Waals surface area contributed by atoms with Crippen molar-refractivity contribution in [2.75, 3.05) is 5.73 Å². The molecule has 0 aliphatic carbocycles. The molecule has 1 aliphatic rings. The van der Waals surface area contributed by atoms with Crippen molar-refractivity contribution in [2.45, 2.75) is 13.1 Å². The standard InChI is InChI=1S/C15H12ClFN2O3/c16-10-4-9-7-19(15(21)22-13(9)5-12(10)20)6-8-2-1-3-11(18)14(8)17/h1-5,20H,6-7,18H2. The number of nitrogens with zero attached hydrogens (tertiary/aromatic N) is 1. The van der Waals surface area contributed by atoms with Gasteiger partial charge in [-0.1, -0.05) is 23.7 Å². The Morgan fingerprint density at radius 3 is 2.95 bits per heavy atom. The summed E-state index contributed by atoms with van der Waals surface area (Å²) in [7, 11) is 0. The molecular formula is C15H12ClFN2O3. The van der Waals surface area contributed by atoms with Gasteiger partial charge in [0.25, 0.3) is 0 Å². The predicted octanol–water partition coefficient (Wildman–Crippen LogP) is 3.28. The molecule has 0 radical (unpaired) electrons. The van der Waals surface area contributed by atoms with Crippen LogP contribution in [0.15, 0.2) is 30.3 Å². The molecule has 0 atom stereocenters. The Bertz CT molecular complexity index is 767. The highest BCUT2D eigenvalue weighted by Gasteiger charge is 2.27. The monoisotopic (exact) mass is 322 g/mol. The van der Waals surface area contributed by atoms with Gasteiger partial charge in [0.1, 0.15) is 11.5 Å². The van der Waals surface area contributed by atoms with Crippen molar-refractivity contribution in [1.29, 1.82) is 0 Å². The summed E-state index contributed by atoms with van der Waals surface area (Å²) >= 11 is 5.85. The molecule has 0 bridgehead atoms. The third kappa shape index (κ3) is 2.53. The molecule has 2 aromatic carbocycles. The lowest BCUT2D eigenvalue weighted by atomic mass is 10.1. The Kier molecular flexibility index (Phi) is 3.54. The van der Waals surface area contributed by atoms with Gasteiger partial charge in [0.15, 0.2) is 5.82 Å². The second kappa shape index (κ2) is 5.38. The molecule has 0 saturated carbocycles. The fraction of sp³-hybridized carbons (Fsp3) is 0.133. The minimum atomic E-state index is -0.629. The normalized spacial score (nSPS) is 13.7.